The average molecular weight is 303 g/mol. The van der Waals surface area contributed by atoms with Crippen molar-refractivity contribution < 1.29 is 4.79 Å². The summed E-state index contributed by atoms with van der Waals surface area (Å²) in [5.41, 5.74) is 1.18. The highest BCUT2D eigenvalue weighted by Crippen LogP contribution is 2.19. The van der Waals surface area contributed by atoms with Gasteiger partial charge in [-0.15, -0.1) is 0 Å². The van der Waals surface area contributed by atoms with Gasteiger partial charge in [0.15, 0.2) is 0 Å². The van der Waals surface area contributed by atoms with Gasteiger partial charge in [0.1, 0.15) is 0 Å². The summed E-state index contributed by atoms with van der Waals surface area (Å²) in [5.74, 6) is 0.205. The van der Waals surface area contributed by atoms with Gasteiger partial charge in [-0.2, -0.15) is 0 Å². The summed E-state index contributed by atoms with van der Waals surface area (Å²) in [6.07, 6.45) is 2.23. The molecule has 1 aliphatic heterocycles. The summed E-state index contributed by atoms with van der Waals surface area (Å²) in [5, 5.41) is 3.40. The largest absolute Gasteiger partial charge is 0.338 e. The van der Waals surface area contributed by atoms with Crippen molar-refractivity contribution in [1.82, 2.24) is 15.1 Å². The molecule has 1 saturated heterocycles. The van der Waals surface area contributed by atoms with Gasteiger partial charge in [0.05, 0.1) is 12.6 Å². The molecule has 1 aromatic carbocycles. The Kier molecular flexibility index (Phi) is 6.40. The Labute approximate surface area is 134 Å². The zero-order valence-corrected chi connectivity index (χ0v) is 14.1. The summed E-state index contributed by atoms with van der Waals surface area (Å²) < 4.78 is 0. The van der Waals surface area contributed by atoms with E-state index >= 15 is 0 Å². The van der Waals surface area contributed by atoms with Gasteiger partial charge in [-0.05, 0) is 38.4 Å². The van der Waals surface area contributed by atoms with Crippen LogP contribution in [-0.4, -0.2) is 55.0 Å². The monoisotopic (exact) mass is 303 g/mol. The average Bonchev–Trinajstić information content (AvgIpc) is 3.08. The fourth-order valence-electron chi connectivity index (χ4n) is 3.09. The van der Waals surface area contributed by atoms with Crippen LogP contribution in [0.15, 0.2) is 30.3 Å². The van der Waals surface area contributed by atoms with Crippen LogP contribution in [0.1, 0.15) is 38.3 Å². The normalized spacial score (nSPS) is 19.4. The van der Waals surface area contributed by atoms with Gasteiger partial charge in [-0.25, -0.2) is 0 Å². The second-order valence-electron chi connectivity index (χ2n) is 6.21. The minimum absolute atomic E-state index is 0.110. The summed E-state index contributed by atoms with van der Waals surface area (Å²) in [4.78, 5) is 16.9. The number of carbonyl (C=O) groups is 1. The molecule has 0 bridgehead atoms. The summed E-state index contributed by atoms with van der Waals surface area (Å²) in [6.45, 7) is 7.85. The number of nitrogens with one attached hydrogen (secondary N) is 1. The molecule has 0 spiro atoms. The Morgan fingerprint density at radius 2 is 2.09 bits per heavy atom. The first-order valence-electron chi connectivity index (χ1n) is 8.38. The van der Waals surface area contributed by atoms with Gasteiger partial charge >= 0.3 is 0 Å². The molecule has 2 unspecified atom stereocenters. The van der Waals surface area contributed by atoms with E-state index in [1.165, 1.54) is 5.56 Å². The molecular weight excluding hydrogens is 274 g/mol. The van der Waals surface area contributed by atoms with Crippen molar-refractivity contribution in [2.24, 2.45) is 0 Å². The molecule has 22 heavy (non-hydrogen) atoms. The maximum Gasteiger partial charge on any atom is 0.237 e. The molecule has 0 aliphatic carbocycles. The first-order chi connectivity index (χ1) is 10.6. The molecule has 1 N–H and O–H groups in total. The predicted molar refractivity (Wildman–Crippen MR) is 90.8 cm³/mol. The number of amides is 1. The molecule has 2 atom stereocenters. The highest BCUT2D eigenvalue weighted by Gasteiger charge is 2.26. The van der Waals surface area contributed by atoms with Crippen molar-refractivity contribution >= 4 is 5.91 Å². The third kappa shape index (κ3) is 4.31. The van der Waals surface area contributed by atoms with Gasteiger partial charge in [-0.3, -0.25) is 9.69 Å². The number of carbonyl (C=O) groups excluding carboxylic acids is 1. The van der Waals surface area contributed by atoms with Crippen LogP contribution in [0.25, 0.3) is 0 Å². The summed E-state index contributed by atoms with van der Waals surface area (Å²) in [6, 6.07) is 10.8. The Hall–Kier alpha value is -1.39. The fourth-order valence-corrected chi connectivity index (χ4v) is 3.09. The van der Waals surface area contributed by atoms with Crippen LogP contribution in [0.4, 0.5) is 0 Å². The van der Waals surface area contributed by atoms with E-state index in [4.69, 9.17) is 0 Å². The van der Waals surface area contributed by atoms with Gasteiger partial charge in [-0.1, -0.05) is 37.3 Å². The number of rotatable bonds is 7. The highest BCUT2D eigenvalue weighted by molar-refractivity contribution is 5.78. The molecule has 122 valence electrons. The molecule has 1 aromatic rings. The molecule has 1 fully saturated rings. The minimum Gasteiger partial charge on any atom is -0.338 e. The van der Waals surface area contributed by atoms with Crippen molar-refractivity contribution in [3.63, 3.8) is 0 Å². The van der Waals surface area contributed by atoms with E-state index in [2.05, 4.69) is 36.2 Å². The van der Waals surface area contributed by atoms with Gasteiger partial charge < -0.3 is 10.2 Å². The minimum atomic E-state index is 0.110. The number of likely N-dealkylation sites (N-methyl/N-ethyl adjacent to an activating group) is 1. The molecule has 0 radical (unpaired) electrons. The number of hydrogen-bond donors (Lipinski definition) is 1. The lowest BCUT2D eigenvalue weighted by molar-refractivity contribution is -0.133. The second kappa shape index (κ2) is 8.30. The predicted octanol–water partition coefficient (Wildman–Crippen LogP) is 2.28. The third-order valence-electron chi connectivity index (χ3n) is 4.66. The molecule has 2 rings (SSSR count). The first-order valence-corrected chi connectivity index (χ1v) is 8.38. The van der Waals surface area contributed by atoms with Crippen LogP contribution in [0.5, 0.6) is 0 Å². The Bertz CT molecular complexity index is 457. The lowest BCUT2D eigenvalue weighted by Crippen LogP contribution is -2.45. The van der Waals surface area contributed by atoms with E-state index in [-0.39, 0.29) is 11.9 Å². The third-order valence-corrected chi connectivity index (χ3v) is 4.66. The van der Waals surface area contributed by atoms with Crippen LogP contribution < -0.4 is 5.32 Å². The molecule has 1 aliphatic rings. The van der Waals surface area contributed by atoms with Gasteiger partial charge in [0.2, 0.25) is 5.91 Å². The van der Waals surface area contributed by atoms with E-state index in [1.54, 1.807) is 0 Å². The zero-order valence-electron chi connectivity index (χ0n) is 14.1. The van der Waals surface area contributed by atoms with Crippen LogP contribution in [0, 0.1) is 0 Å². The van der Waals surface area contributed by atoms with Crippen molar-refractivity contribution in [2.45, 2.75) is 38.8 Å². The highest BCUT2D eigenvalue weighted by atomic mass is 16.2. The molecule has 1 amide bonds. The molecule has 0 saturated carbocycles. The lowest BCUT2D eigenvalue weighted by Gasteiger charge is -2.31. The first kappa shape index (κ1) is 17.0. The maximum absolute atomic E-state index is 12.7. The molecule has 4 heteroatoms. The van der Waals surface area contributed by atoms with Crippen molar-refractivity contribution in [1.29, 1.82) is 0 Å². The van der Waals surface area contributed by atoms with E-state index in [0.29, 0.717) is 12.6 Å². The second-order valence-corrected chi connectivity index (χ2v) is 6.21. The van der Waals surface area contributed by atoms with Crippen molar-refractivity contribution in [2.75, 3.05) is 33.2 Å². The number of benzene rings is 1. The molecular formula is C18H29N3O. The van der Waals surface area contributed by atoms with Crippen LogP contribution in [0.2, 0.25) is 0 Å². The lowest BCUT2D eigenvalue weighted by atomic mass is 10.1. The zero-order chi connectivity index (χ0) is 15.9. The number of nitrogens with zero attached hydrogens (tertiary/aromatic N) is 2. The summed E-state index contributed by atoms with van der Waals surface area (Å²) >= 11 is 0. The topological polar surface area (TPSA) is 35.6 Å². The van der Waals surface area contributed by atoms with Crippen molar-refractivity contribution in [3.8, 4) is 0 Å². The molecule has 4 nitrogen and oxygen atoms in total. The SMILES string of the molecule is CCCN(CC(=O)N(C)C(C)c1ccccc1)C1CCNC1. The summed E-state index contributed by atoms with van der Waals surface area (Å²) in [7, 11) is 1.91. The van der Waals surface area contributed by atoms with Crippen LogP contribution >= 0.6 is 0 Å². The van der Waals surface area contributed by atoms with E-state index in [1.807, 2.05) is 30.1 Å². The quantitative estimate of drug-likeness (QED) is 0.839. The van der Waals surface area contributed by atoms with E-state index in [0.717, 1.165) is 32.5 Å². The molecule has 0 aromatic heterocycles. The van der Waals surface area contributed by atoms with E-state index < -0.39 is 0 Å². The Balaban J connectivity index is 1.96. The van der Waals surface area contributed by atoms with Gasteiger partial charge in [0, 0.05) is 19.6 Å². The maximum atomic E-state index is 12.7. The fraction of sp³-hybridized carbons (Fsp3) is 0.611. The van der Waals surface area contributed by atoms with Gasteiger partial charge in [0.25, 0.3) is 0 Å². The number of hydrogen-bond acceptors (Lipinski definition) is 3. The van der Waals surface area contributed by atoms with Crippen molar-refractivity contribution in [3.05, 3.63) is 35.9 Å². The molecule has 1 heterocycles. The Morgan fingerprint density at radius 3 is 2.68 bits per heavy atom. The standard InChI is InChI=1S/C18H29N3O/c1-4-12-21(17-10-11-19-13-17)14-18(22)20(3)15(2)16-8-6-5-7-9-16/h5-9,15,17,19H,4,10-14H2,1-3H3. The smallest absolute Gasteiger partial charge is 0.237 e. The van der Waals surface area contributed by atoms with Crippen LogP contribution in [-0.2, 0) is 4.79 Å². The van der Waals surface area contributed by atoms with E-state index in [9.17, 15) is 4.79 Å². The van der Waals surface area contributed by atoms with Crippen LogP contribution in [0.3, 0.4) is 0 Å². The Morgan fingerprint density at radius 1 is 1.36 bits per heavy atom.